The van der Waals surface area contributed by atoms with E-state index in [9.17, 15) is 4.79 Å². The zero-order valence-corrected chi connectivity index (χ0v) is 15.6. The third-order valence-electron chi connectivity index (χ3n) is 5.14. The van der Waals surface area contributed by atoms with Crippen molar-refractivity contribution >= 4 is 17.3 Å². The second kappa shape index (κ2) is 6.88. The van der Waals surface area contributed by atoms with Crippen LogP contribution in [0.1, 0.15) is 41.5 Å². The molecule has 1 unspecified atom stereocenters. The van der Waals surface area contributed by atoms with Gasteiger partial charge in [-0.25, -0.2) is 0 Å². The van der Waals surface area contributed by atoms with Crippen LogP contribution in [-0.4, -0.2) is 10.9 Å². The number of anilines is 2. The first-order valence-electron chi connectivity index (χ1n) is 9.20. The smallest absolute Gasteiger partial charge is 0.274 e. The van der Waals surface area contributed by atoms with E-state index in [-0.39, 0.29) is 17.4 Å². The van der Waals surface area contributed by atoms with E-state index in [1.807, 2.05) is 12.1 Å². The van der Waals surface area contributed by atoms with Gasteiger partial charge in [0.15, 0.2) is 0 Å². The number of rotatable bonds is 3. The van der Waals surface area contributed by atoms with Gasteiger partial charge in [0.05, 0.1) is 6.04 Å². The molecule has 136 valence electrons. The number of nitrogens with one attached hydrogen (secondary N) is 2. The summed E-state index contributed by atoms with van der Waals surface area (Å²) < 4.78 is 0. The third-order valence-corrected chi connectivity index (χ3v) is 5.14. The number of fused-ring (bicyclic) bond motifs is 1. The number of aromatic nitrogens is 1. The second-order valence-corrected chi connectivity index (χ2v) is 7.69. The first kappa shape index (κ1) is 17.3. The summed E-state index contributed by atoms with van der Waals surface area (Å²) in [6, 6.07) is 22.1. The van der Waals surface area contributed by atoms with E-state index >= 15 is 0 Å². The quantitative estimate of drug-likeness (QED) is 0.688. The maximum atomic E-state index is 12.3. The fourth-order valence-corrected chi connectivity index (χ4v) is 3.74. The molecular formula is C23H23N3O. The fraction of sp³-hybridized carbons (Fsp3) is 0.217. The second-order valence-electron chi connectivity index (χ2n) is 7.69. The standard InChI is InChI=1S/C23H23N3O/c1-23(2)15-17-7-3-4-8-19(17)26-21(23)16-10-12-18(13-11-16)25-22(27)20-9-5-6-14-24-20/h3-14,21,26H,15H2,1-2H3,(H,25,27). The summed E-state index contributed by atoms with van der Waals surface area (Å²) in [5, 5.41) is 6.60. The predicted molar refractivity (Wildman–Crippen MR) is 109 cm³/mol. The first-order chi connectivity index (χ1) is 13.0. The van der Waals surface area contributed by atoms with E-state index in [1.54, 1.807) is 24.4 Å². The van der Waals surface area contributed by atoms with E-state index in [0.717, 1.165) is 12.1 Å². The van der Waals surface area contributed by atoms with Crippen LogP contribution >= 0.6 is 0 Å². The number of hydrogen-bond donors (Lipinski definition) is 2. The molecule has 0 saturated carbocycles. The van der Waals surface area contributed by atoms with Crippen LogP contribution in [0.25, 0.3) is 0 Å². The topological polar surface area (TPSA) is 54.0 Å². The number of nitrogens with zero attached hydrogens (tertiary/aromatic N) is 1. The first-order valence-corrected chi connectivity index (χ1v) is 9.20. The van der Waals surface area contributed by atoms with Crippen molar-refractivity contribution in [2.24, 2.45) is 5.41 Å². The van der Waals surface area contributed by atoms with Crippen molar-refractivity contribution in [3.8, 4) is 0 Å². The molecule has 0 fully saturated rings. The molecule has 0 bridgehead atoms. The van der Waals surface area contributed by atoms with Gasteiger partial charge in [-0.1, -0.05) is 50.2 Å². The molecule has 1 aliphatic heterocycles. The number of carbonyl (C=O) groups is 1. The highest BCUT2D eigenvalue weighted by Gasteiger charge is 2.35. The summed E-state index contributed by atoms with van der Waals surface area (Å²) in [5.74, 6) is -0.201. The molecule has 27 heavy (non-hydrogen) atoms. The van der Waals surface area contributed by atoms with Crippen molar-refractivity contribution in [2.45, 2.75) is 26.3 Å². The van der Waals surface area contributed by atoms with E-state index in [0.29, 0.717) is 5.69 Å². The molecule has 4 heteroatoms. The minimum absolute atomic E-state index is 0.0904. The van der Waals surface area contributed by atoms with E-state index in [4.69, 9.17) is 0 Å². The maximum absolute atomic E-state index is 12.3. The van der Waals surface area contributed by atoms with Gasteiger partial charge >= 0.3 is 0 Å². The largest absolute Gasteiger partial charge is 0.377 e. The number of pyridine rings is 1. The van der Waals surface area contributed by atoms with Crippen LogP contribution in [0.15, 0.2) is 72.9 Å². The van der Waals surface area contributed by atoms with E-state index < -0.39 is 0 Å². The molecule has 1 amide bonds. The van der Waals surface area contributed by atoms with Crippen molar-refractivity contribution in [1.82, 2.24) is 4.98 Å². The van der Waals surface area contributed by atoms with Crippen molar-refractivity contribution in [3.05, 3.63) is 89.7 Å². The lowest BCUT2D eigenvalue weighted by Gasteiger charge is -2.41. The summed E-state index contributed by atoms with van der Waals surface area (Å²) in [5.41, 5.74) is 5.04. The van der Waals surface area contributed by atoms with Gasteiger partial charge in [0.2, 0.25) is 0 Å². The summed E-state index contributed by atoms with van der Waals surface area (Å²) in [6.07, 6.45) is 2.64. The summed E-state index contributed by atoms with van der Waals surface area (Å²) >= 11 is 0. The Labute approximate surface area is 159 Å². The van der Waals surface area contributed by atoms with Gasteiger partial charge in [-0.05, 0) is 53.3 Å². The summed E-state index contributed by atoms with van der Waals surface area (Å²) in [6.45, 7) is 4.58. The Kier molecular flexibility index (Phi) is 4.40. The predicted octanol–water partition coefficient (Wildman–Crippen LogP) is 5.07. The normalized spacial score (nSPS) is 17.5. The lowest BCUT2D eigenvalue weighted by atomic mass is 9.73. The van der Waals surface area contributed by atoms with Crippen LogP contribution in [0, 0.1) is 5.41 Å². The van der Waals surface area contributed by atoms with Gasteiger partial charge in [0, 0.05) is 17.6 Å². The Balaban J connectivity index is 1.53. The Hall–Kier alpha value is -3.14. The van der Waals surface area contributed by atoms with Crippen molar-refractivity contribution in [1.29, 1.82) is 0 Å². The zero-order chi connectivity index (χ0) is 18.9. The number of para-hydroxylation sites is 1. The van der Waals surface area contributed by atoms with Gasteiger partial charge in [0.1, 0.15) is 5.69 Å². The van der Waals surface area contributed by atoms with Gasteiger partial charge in [-0.2, -0.15) is 0 Å². The molecule has 4 rings (SSSR count). The average Bonchev–Trinajstić information content (AvgIpc) is 2.68. The zero-order valence-electron chi connectivity index (χ0n) is 15.6. The average molecular weight is 357 g/mol. The number of hydrogen-bond acceptors (Lipinski definition) is 3. The Morgan fingerprint density at radius 3 is 2.52 bits per heavy atom. The Morgan fingerprint density at radius 1 is 1.04 bits per heavy atom. The SMILES string of the molecule is CC1(C)Cc2ccccc2NC1c1ccc(NC(=O)c2ccccn2)cc1. The highest BCUT2D eigenvalue weighted by molar-refractivity contribution is 6.02. The van der Waals surface area contributed by atoms with Crippen LogP contribution in [0.5, 0.6) is 0 Å². The molecule has 0 spiro atoms. The maximum Gasteiger partial charge on any atom is 0.274 e. The third kappa shape index (κ3) is 3.56. The molecule has 2 heterocycles. The fourth-order valence-electron chi connectivity index (χ4n) is 3.74. The Morgan fingerprint density at radius 2 is 1.78 bits per heavy atom. The molecule has 3 aromatic rings. The van der Waals surface area contributed by atoms with Gasteiger partial charge < -0.3 is 10.6 Å². The number of amides is 1. The summed E-state index contributed by atoms with van der Waals surface area (Å²) in [4.78, 5) is 16.3. The molecule has 0 aliphatic carbocycles. The van der Waals surface area contributed by atoms with Crippen molar-refractivity contribution < 1.29 is 4.79 Å². The molecule has 4 nitrogen and oxygen atoms in total. The monoisotopic (exact) mass is 357 g/mol. The lowest BCUT2D eigenvalue weighted by Crippen LogP contribution is -2.34. The van der Waals surface area contributed by atoms with Crippen LogP contribution < -0.4 is 10.6 Å². The summed E-state index contributed by atoms with van der Waals surface area (Å²) in [7, 11) is 0. The molecule has 1 aromatic heterocycles. The minimum atomic E-state index is -0.201. The van der Waals surface area contributed by atoms with Gasteiger partial charge in [-0.3, -0.25) is 9.78 Å². The molecule has 1 aliphatic rings. The molecule has 0 saturated heterocycles. The van der Waals surface area contributed by atoms with E-state index in [2.05, 4.69) is 65.9 Å². The molecule has 2 aromatic carbocycles. The highest BCUT2D eigenvalue weighted by atomic mass is 16.1. The van der Waals surface area contributed by atoms with Crippen molar-refractivity contribution in [2.75, 3.05) is 10.6 Å². The molecule has 2 N–H and O–H groups in total. The Bertz CT molecular complexity index is 949. The van der Waals surface area contributed by atoms with Gasteiger partial charge in [-0.15, -0.1) is 0 Å². The van der Waals surface area contributed by atoms with Crippen LogP contribution in [-0.2, 0) is 6.42 Å². The van der Waals surface area contributed by atoms with Crippen molar-refractivity contribution in [3.63, 3.8) is 0 Å². The van der Waals surface area contributed by atoms with E-state index in [1.165, 1.54) is 16.8 Å². The number of benzene rings is 2. The van der Waals surface area contributed by atoms with Crippen LogP contribution in [0.2, 0.25) is 0 Å². The molecule has 1 atom stereocenters. The highest BCUT2D eigenvalue weighted by Crippen LogP contribution is 2.44. The van der Waals surface area contributed by atoms with Crippen LogP contribution in [0.4, 0.5) is 11.4 Å². The minimum Gasteiger partial charge on any atom is -0.377 e. The molecular weight excluding hydrogens is 334 g/mol. The van der Waals surface area contributed by atoms with Gasteiger partial charge in [0.25, 0.3) is 5.91 Å². The lowest BCUT2D eigenvalue weighted by molar-refractivity contribution is 0.102. The van der Waals surface area contributed by atoms with Crippen LogP contribution in [0.3, 0.4) is 0 Å². The molecule has 0 radical (unpaired) electrons. The number of carbonyl (C=O) groups excluding carboxylic acids is 1.